The number of ether oxygens (including phenoxy) is 3. The molecule has 0 aliphatic rings. The Morgan fingerprint density at radius 1 is 1.00 bits per heavy atom. The summed E-state index contributed by atoms with van der Waals surface area (Å²) in [7, 11) is 3.04. The summed E-state index contributed by atoms with van der Waals surface area (Å²) in [6.45, 7) is 0.365. The molecule has 0 bridgehead atoms. The summed E-state index contributed by atoms with van der Waals surface area (Å²) in [5.74, 6) is 1.40. The maximum Gasteiger partial charge on any atom is 0.203 e. The van der Waals surface area contributed by atoms with E-state index in [9.17, 15) is 0 Å². The lowest BCUT2D eigenvalue weighted by Crippen LogP contribution is -2.00. The van der Waals surface area contributed by atoms with Gasteiger partial charge in [-0.1, -0.05) is 30.3 Å². The SMILES string of the molecule is COc1cc(C=C(C#N)C#N)cc(OC)c1OCc1ccccc1. The molecule has 0 heterocycles. The van der Waals surface area contributed by atoms with Gasteiger partial charge in [-0.2, -0.15) is 10.5 Å². The molecule has 0 atom stereocenters. The molecule has 0 fully saturated rings. The van der Waals surface area contributed by atoms with Gasteiger partial charge in [0, 0.05) is 0 Å². The first kappa shape index (κ1) is 16.9. The number of nitriles is 2. The summed E-state index contributed by atoms with van der Waals surface area (Å²) >= 11 is 0. The maximum atomic E-state index is 8.88. The molecular formula is C19H16N2O3. The van der Waals surface area contributed by atoms with Gasteiger partial charge >= 0.3 is 0 Å². The van der Waals surface area contributed by atoms with E-state index in [0.29, 0.717) is 29.4 Å². The number of allylic oxidation sites excluding steroid dienone is 1. The molecular weight excluding hydrogens is 304 g/mol. The van der Waals surface area contributed by atoms with Crippen LogP contribution in [0.5, 0.6) is 17.2 Å². The lowest BCUT2D eigenvalue weighted by molar-refractivity contribution is 0.266. The van der Waals surface area contributed by atoms with Crippen LogP contribution in [0.15, 0.2) is 48.0 Å². The van der Waals surface area contributed by atoms with E-state index in [0.717, 1.165) is 5.56 Å². The molecule has 0 amide bonds. The molecule has 0 aliphatic heterocycles. The van der Waals surface area contributed by atoms with Crippen molar-refractivity contribution in [2.24, 2.45) is 0 Å². The summed E-state index contributed by atoms with van der Waals surface area (Å²) in [6, 6.07) is 16.8. The Hall–Kier alpha value is -3.44. The summed E-state index contributed by atoms with van der Waals surface area (Å²) in [6.07, 6.45) is 1.46. The van der Waals surface area contributed by atoms with Crippen molar-refractivity contribution in [3.63, 3.8) is 0 Å². The number of benzene rings is 2. The monoisotopic (exact) mass is 320 g/mol. The lowest BCUT2D eigenvalue weighted by Gasteiger charge is -2.15. The van der Waals surface area contributed by atoms with E-state index in [1.807, 2.05) is 42.5 Å². The molecule has 120 valence electrons. The van der Waals surface area contributed by atoms with Gasteiger partial charge in [-0.05, 0) is 29.3 Å². The number of hydrogen-bond acceptors (Lipinski definition) is 5. The third kappa shape index (κ3) is 4.06. The van der Waals surface area contributed by atoms with Crippen LogP contribution in [0.3, 0.4) is 0 Å². The average Bonchev–Trinajstić information content (AvgIpc) is 2.64. The van der Waals surface area contributed by atoms with Gasteiger partial charge in [0.2, 0.25) is 5.75 Å². The van der Waals surface area contributed by atoms with Crippen LogP contribution in [0.4, 0.5) is 0 Å². The first-order valence-electron chi connectivity index (χ1n) is 7.16. The van der Waals surface area contributed by atoms with Crippen LogP contribution in [-0.2, 0) is 6.61 Å². The van der Waals surface area contributed by atoms with E-state index in [-0.39, 0.29) is 5.57 Å². The Bertz CT molecular complexity index is 774. The van der Waals surface area contributed by atoms with Gasteiger partial charge in [0.1, 0.15) is 24.3 Å². The fourth-order valence-corrected chi connectivity index (χ4v) is 2.11. The zero-order valence-corrected chi connectivity index (χ0v) is 13.4. The highest BCUT2D eigenvalue weighted by atomic mass is 16.5. The molecule has 0 N–H and O–H groups in total. The van der Waals surface area contributed by atoms with E-state index in [2.05, 4.69) is 0 Å². The molecule has 0 saturated heterocycles. The molecule has 0 radical (unpaired) electrons. The lowest BCUT2D eigenvalue weighted by atomic mass is 10.1. The summed E-state index contributed by atoms with van der Waals surface area (Å²) in [5.41, 5.74) is 1.63. The van der Waals surface area contributed by atoms with Crippen molar-refractivity contribution in [3.8, 4) is 29.4 Å². The van der Waals surface area contributed by atoms with E-state index in [1.54, 1.807) is 12.1 Å². The second-order valence-electron chi connectivity index (χ2n) is 4.81. The van der Waals surface area contributed by atoms with E-state index < -0.39 is 0 Å². The maximum absolute atomic E-state index is 8.88. The average molecular weight is 320 g/mol. The predicted molar refractivity (Wildman–Crippen MR) is 89.5 cm³/mol. The normalized spacial score (nSPS) is 9.33. The van der Waals surface area contributed by atoms with Gasteiger partial charge in [-0.25, -0.2) is 0 Å². The van der Waals surface area contributed by atoms with Crippen molar-refractivity contribution in [1.82, 2.24) is 0 Å². The van der Waals surface area contributed by atoms with E-state index in [4.69, 9.17) is 24.7 Å². The third-order valence-corrected chi connectivity index (χ3v) is 3.26. The third-order valence-electron chi connectivity index (χ3n) is 3.26. The van der Waals surface area contributed by atoms with Gasteiger partial charge in [0.15, 0.2) is 11.5 Å². The Kier molecular flexibility index (Phi) is 5.82. The topological polar surface area (TPSA) is 75.3 Å². The Labute approximate surface area is 140 Å². The van der Waals surface area contributed by atoms with Crippen LogP contribution in [-0.4, -0.2) is 14.2 Å². The van der Waals surface area contributed by atoms with Crippen molar-refractivity contribution < 1.29 is 14.2 Å². The smallest absolute Gasteiger partial charge is 0.203 e. The fraction of sp³-hybridized carbons (Fsp3) is 0.158. The first-order chi connectivity index (χ1) is 11.7. The molecule has 24 heavy (non-hydrogen) atoms. The second-order valence-corrected chi connectivity index (χ2v) is 4.81. The second kappa shape index (κ2) is 8.26. The van der Waals surface area contributed by atoms with Crippen LogP contribution >= 0.6 is 0 Å². The highest BCUT2D eigenvalue weighted by molar-refractivity contribution is 5.67. The molecule has 2 aromatic carbocycles. The van der Waals surface area contributed by atoms with E-state index >= 15 is 0 Å². The van der Waals surface area contributed by atoms with Crippen molar-refractivity contribution in [1.29, 1.82) is 10.5 Å². The molecule has 0 aliphatic carbocycles. The number of nitrogens with zero attached hydrogens (tertiary/aromatic N) is 2. The molecule has 5 heteroatoms. The molecule has 0 unspecified atom stereocenters. The summed E-state index contributed by atoms with van der Waals surface area (Å²) in [4.78, 5) is 0. The Morgan fingerprint density at radius 2 is 1.58 bits per heavy atom. The minimum atomic E-state index is -0.00272. The number of hydrogen-bond donors (Lipinski definition) is 0. The molecule has 0 saturated carbocycles. The van der Waals surface area contributed by atoms with Crippen LogP contribution in [0, 0.1) is 22.7 Å². The standard InChI is InChI=1S/C19H16N2O3/c1-22-17-9-15(8-16(11-20)12-21)10-18(23-2)19(17)24-13-14-6-4-3-5-7-14/h3-10H,13H2,1-2H3. The van der Waals surface area contributed by atoms with Gasteiger partial charge in [0.25, 0.3) is 0 Å². The fourth-order valence-electron chi connectivity index (χ4n) is 2.11. The molecule has 0 spiro atoms. The van der Waals surface area contributed by atoms with Crippen molar-refractivity contribution in [2.75, 3.05) is 14.2 Å². The van der Waals surface area contributed by atoms with Crippen LogP contribution in [0.1, 0.15) is 11.1 Å². The van der Waals surface area contributed by atoms with Crippen molar-refractivity contribution >= 4 is 6.08 Å². The van der Waals surface area contributed by atoms with Gasteiger partial charge < -0.3 is 14.2 Å². The Morgan fingerprint density at radius 3 is 2.08 bits per heavy atom. The minimum absolute atomic E-state index is 0.00272. The summed E-state index contributed by atoms with van der Waals surface area (Å²) in [5, 5.41) is 17.8. The first-order valence-corrected chi connectivity index (χ1v) is 7.16. The zero-order chi connectivity index (χ0) is 17.4. The van der Waals surface area contributed by atoms with Crippen LogP contribution in [0.25, 0.3) is 6.08 Å². The number of methoxy groups -OCH3 is 2. The highest BCUT2D eigenvalue weighted by Crippen LogP contribution is 2.39. The molecule has 2 aromatic rings. The van der Waals surface area contributed by atoms with Gasteiger partial charge in [0.05, 0.1) is 14.2 Å². The molecule has 0 aromatic heterocycles. The summed E-state index contributed by atoms with van der Waals surface area (Å²) < 4.78 is 16.6. The van der Waals surface area contributed by atoms with Gasteiger partial charge in [-0.15, -0.1) is 0 Å². The Balaban J connectivity index is 2.36. The van der Waals surface area contributed by atoms with Crippen molar-refractivity contribution in [2.45, 2.75) is 6.61 Å². The van der Waals surface area contributed by atoms with Crippen LogP contribution < -0.4 is 14.2 Å². The van der Waals surface area contributed by atoms with E-state index in [1.165, 1.54) is 20.3 Å². The van der Waals surface area contributed by atoms with Crippen molar-refractivity contribution in [3.05, 3.63) is 59.2 Å². The minimum Gasteiger partial charge on any atom is -0.493 e. The quantitative estimate of drug-likeness (QED) is 0.758. The number of rotatable bonds is 6. The van der Waals surface area contributed by atoms with Crippen LogP contribution in [0.2, 0.25) is 0 Å². The molecule has 5 nitrogen and oxygen atoms in total. The largest absolute Gasteiger partial charge is 0.493 e. The highest BCUT2D eigenvalue weighted by Gasteiger charge is 2.14. The predicted octanol–water partition coefficient (Wildman–Crippen LogP) is 3.71. The zero-order valence-electron chi connectivity index (χ0n) is 13.4. The molecule has 2 rings (SSSR count). The van der Waals surface area contributed by atoms with Gasteiger partial charge in [-0.3, -0.25) is 0 Å².